The quantitative estimate of drug-likeness (QED) is 0.732. The number of carboxylic acid groups (broad SMARTS) is 1. The number of carbonyl (C=O) groups excluding carboxylic acids is 2. The molecule has 0 fully saturated rings. The average molecular weight is 318 g/mol. The number of benzene rings is 1. The molecule has 1 aromatic carbocycles. The maximum absolute atomic E-state index is 12.7. The van der Waals surface area contributed by atoms with Crippen LogP contribution >= 0.6 is 0 Å². The number of methoxy groups -OCH3 is 1. The summed E-state index contributed by atoms with van der Waals surface area (Å²) in [5.74, 6) is -2.44. The molecule has 1 aliphatic rings. The minimum atomic E-state index is -1.68. The molecule has 0 bridgehead atoms. The van der Waals surface area contributed by atoms with Crippen molar-refractivity contribution in [2.75, 3.05) is 13.7 Å². The monoisotopic (exact) mass is 318 g/mol. The number of ketones is 1. The fourth-order valence-corrected chi connectivity index (χ4v) is 2.90. The summed E-state index contributed by atoms with van der Waals surface area (Å²) in [7, 11) is 1.35. The number of fused-ring (bicyclic) bond motifs is 1. The Morgan fingerprint density at radius 2 is 2.04 bits per heavy atom. The van der Waals surface area contributed by atoms with Gasteiger partial charge in [0.15, 0.2) is 11.2 Å². The second kappa shape index (κ2) is 6.29. The molecule has 0 saturated heterocycles. The van der Waals surface area contributed by atoms with Gasteiger partial charge >= 0.3 is 5.97 Å². The van der Waals surface area contributed by atoms with Crippen molar-refractivity contribution in [2.24, 2.45) is 10.7 Å². The maximum Gasteiger partial charge on any atom is 0.335 e. The van der Waals surface area contributed by atoms with E-state index in [1.807, 2.05) is 6.92 Å². The van der Waals surface area contributed by atoms with Crippen molar-refractivity contribution in [1.29, 1.82) is 0 Å². The Bertz CT molecular complexity index is 710. The Kier molecular flexibility index (Phi) is 4.60. The molecule has 0 radical (unpaired) electrons. The highest BCUT2D eigenvalue weighted by Gasteiger charge is 2.53. The lowest BCUT2D eigenvalue weighted by Gasteiger charge is -2.27. The minimum absolute atomic E-state index is 0.0304. The van der Waals surface area contributed by atoms with Crippen LogP contribution in [0.3, 0.4) is 0 Å². The molecule has 3 N–H and O–H groups in total. The number of Topliss-reactive ketones (excluding diaryl/α,β-unsaturated/α-hetero) is 1. The number of carbonyl (C=O) groups is 3. The molecular weight excluding hydrogens is 300 g/mol. The minimum Gasteiger partial charge on any atom is -0.478 e. The topological polar surface area (TPSA) is 119 Å². The fourth-order valence-electron chi connectivity index (χ4n) is 2.90. The summed E-state index contributed by atoms with van der Waals surface area (Å²) in [5.41, 5.74) is 4.88. The molecule has 23 heavy (non-hydrogen) atoms. The highest BCUT2D eigenvalue weighted by molar-refractivity contribution is 6.33. The standard InChI is InChI=1S/C16H18N2O5/c1-3-4-12-16(15(17)22,13(19)8-23-2)10-6-5-9(14(20)21)7-11(10)18-12/h5-7H,3-4,8H2,1-2H3,(H2,17,22)(H,20,21). The lowest BCUT2D eigenvalue weighted by atomic mass is 9.72. The first kappa shape index (κ1) is 16.8. The van der Waals surface area contributed by atoms with Crippen LogP contribution in [0.15, 0.2) is 23.2 Å². The van der Waals surface area contributed by atoms with Crippen LogP contribution in [0.5, 0.6) is 0 Å². The third-order valence-electron chi connectivity index (χ3n) is 3.89. The Balaban J connectivity index is 2.70. The fraction of sp³-hybridized carbons (Fsp3) is 0.375. The van der Waals surface area contributed by atoms with Crippen LogP contribution in [0.2, 0.25) is 0 Å². The number of carboxylic acids is 1. The lowest BCUT2D eigenvalue weighted by molar-refractivity contribution is -0.133. The van der Waals surface area contributed by atoms with Gasteiger partial charge in [-0.15, -0.1) is 0 Å². The van der Waals surface area contributed by atoms with Crippen molar-refractivity contribution >= 4 is 29.1 Å². The summed E-state index contributed by atoms with van der Waals surface area (Å²) in [6.07, 6.45) is 1.06. The normalized spacial score (nSPS) is 19.1. The number of aromatic carboxylic acids is 1. The Morgan fingerprint density at radius 3 is 2.57 bits per heavy atom. The van der Waals surface area contributed by atoms with E-state index in [-0.39, 0.29) is 17.9 Å². The van der Waals surface area contributed by atoms with Crippen LogP contribution in [0.25, 0.3) is 0 Å². The van der Waals surface area contributed by atoms with E-state index in [2.05, 4.69) is 4.99 Å². The van der Waals surface area contributed by atoms with Crippen molar-refractivity contribution < 1.29 is 24.2 Å². The van der Waals surface area contributed by atoms with Gasteiger partial charge in [-0.1, -0.05) is 19.4 Å². The zero-order valence-electron chi connectivity index (χ0n) is 13.0. The molecule has 7 heteroatoms. The summed E-state index contributed by atoms with van der Waals surface area (Å²) in [6, 6.07) is 4.12. The van der Waals surface area contributed by atoms with Crippen molar-refractivity contribution in [3.8, 4) is 0 Å². The predicted octanol–water partition coefficient (Wildman–Crippen LogP) is 1.21. The van der Waals surface area contributed by atoms with Crippen molar-refractivity contribution in [1.82, 2.24) is 0 Å². The van der Waals surface area contributed by atoms with E-state index in [0.29, 0.717) is 24.1 Å². The SMILES string of the molecule is CCCC1=Nc2cc(C(=O)O)ccc2C1(C(N)=O)C(=O)COC. The van der Waals surface area contributed by atoms with Crippen LogP contribution < -0.4 is 5.73 Å². The van der Waals surface area contributed by atoms with Gasteiger partial charge in [-0.05, 0) is 18.6 Å². The van der Waals surface area contributed by atoms with Crippen LogP contribution in [0.4, 0.5) is 5.69 Å². The highest BCUT2D eigenvalue weighted by atomic mass is 16.5. The van der Waals surface area contributed by atoms with Gasteiger partial charge in [0.25, 0.3) is 0 Å². The maximum atomic E-state index is 12.7. The van der Waals surface area contributed by atoms with Gasteiger partial charge in [-0.25, -0.2) is 4.79 Å². The van der Waals surface area contributed by atoms with Crippen molar-refractivity contribution in [2.45, 2.75) is 25.2 Å². The van der Waals surface area contributed by atoms with E-state index in [1.54, 1.807) is 0 Å². The van der Waals surface area contributed by atoms with E-state index in [0.717, 1.165) is 0 Å². The largest absolute Gasteiger partial charge is 0.478 e. The summed E-state index contributed by atoms with van der Waals surface area (Å²) in [6.45, 7) is 1.60. The molecular formula is C16H18N2O5. The Labute approximate surface area is 133 Å². The van der Waals surface area contributed by atoms with Gasteiger partial charge in [0.05, 0.1) is 11.3 Å². The van der Waals surface area contributed by atoms with Crippen LogP contribution in [-0.2, 0) is 19.7 Å². The zero-order valence-corrected chi connectivity index (χ0v) is 13.0. The third kappa shape index (κ3) is 2.53. The summed E-state index contributed by atoms with van der Waals surface area (Å²) in [5, 5.41) is 9.09. The molecule has 1 aromatic rings. The number of nitrogens with zero attached hydrogens (tertiary/aromatic N) is 1. The smallest absolute Gasteiger partial charge is 0.335 e. The molecule has 0 saturated carbocycles. The Morgan fingerprint density at radius 1 is 1.35 bits per heavy atom. The number of aliphatic imine (C=N–C) groups is 1. The molecule has 122 valence electrons. The molecule has 1 amide bonds. The van der Waals surface area contributed by atoms with Crippen LogP contribution in [-0.4, -0.2) is 42.2 Å². The molecule has 0 aromatic heterocycles. The number of nitrogens with two attached hydrogens (primary N) is 1. The van der Waals surface area contributed by atoms with E-state index in [4.69, 9.17) is 15.6 Å². The second-order valence-electron chi connectivity index (χ2n) is 5.32. The van der Waals surface area contributed by atoms with E-state index in [9.17, 15) is 14.4 Å². The van der Waals surface area contributed by atoms with Crippen LogP contribution in [0.1, 0.15) is 35.7 Å². The number of hydrogen-bond donors (Lipinski definition) is 2. The molecule has 0 spiro atoms. The van der Waals surface area contributed by atoms with Crippen LogP contribution in [0, 0.1) is 0 Å². The number of ether oxygens (including phenoxy) is 1. The lowest BCUT2D eigenvalue weighted by Crippen LogP contribution is -2.53. The van der Waals surface area contributed by atoms with Crippen molar-refractivity contribution in [3.63, 3.8) is 0 Å². The van der Waals surface area contributed by atoms with Gasteiger partial charge in [0, 0.05) is 18.4 Å². The average Bonchev–Trinajstić information content (AvgIpc) is 2.81. The van der Waals surface area contributed by atoms with E-state index < -0.39 is 23.1 Å². The first-order chi connectivity index (χ1) is 10.9. The predicted molar refractivity (Wildman–Crippen MR) is 83.2 cm³/mol. The molecule has 1 atom stereocenters. The van der Waals surface area contributed by atoms with E-state index >= 15 is 0 Å². The first-order valence-corrected chi connectivity index (χ1v) is 7.17. The third-order valence-corrected chi connectivity index (χ3v) is 3.89. The van der Waals surface area contributed by atoms with Gasteiger partial charge in [-0.2, -0.15) is 0 Å². The summed E-state index contributed by atoms with van der Waals surface area (Å²) < 4.78 is 4.89. The second-order valence-corrected chi connectivity index (χ2v) is 5.32. The molecule has 1 unspecified atom stereocenters. The molecule has 2 rings (SSSR count). The number of primary amides is 1. The summed E-state index contributed by atoms with van der Waals surface area (Å²) in [4.78, 5) is 40.4. The molecule has 1 heterocycles. The van der Waals surface area contributed by atoms with Gasteiger partial charge < -0.3 is 15.6 Å². The highest BCUT2D eigenvalue weighted by Crippen LogP contribution is 2.43. The van der Waals surface area contributed by atoms with E-state index in [1.165, 1.54) is 25.3 Å². The Hall–Kier alpha value is -2.54. The van der Waals surface area contributed by atoms with Gasteiger partial charge in [0.2, 0.25) is 5.91 Å². The number of rotatable bonds is 7. The molecule has 0 aliphatic carbocycles. The zero-order chi connectivity index (χ0) is 17.2. The number of amides is 1. The van der Waals surface area contributed by atoms with Gasteiger partial charge in [-0.3, -0.25) is 14.6 Å². The first-order valence-electron chi connectivity index (χ1n) is 7.17. The van der Waals surface area contributed by atoms with Gasteiger partial charge in [0.1, 0.15) is 6.61 Å². The summed E-state index contributed by atoms with van der Waals surface area (Å²) >= 11 is 0. The molecule has 1 aliphatic heterocycles. The molecule has 7 nitrogen and oxygen atoms in total. The van der Waals surface area contributed by atoms with Crippen molar-refractivity contribution in [3.05, 3.63) is 29.3 Å². The number of hydrogen-bond acceptors (Lipinski definition) is 5.